The van der Waals surface area contributed by atoms with Crippen LogP contribution in [0.4, 0.5) is 0 Å². The molecule has 6 aliphatic heterocycles. The Bertz CT molecular complexity index is 2830. The third-order valence-corrected chi connectivity index (χ3v) is 25.0. The lowest BCUT2D eigenvalue weighted by Crippen LogP contribution is -2.72. The average molecular weight is 1430 g/mol. The van der Waals surface area contributed by atoms with Crippen LogP contribution in [-0.4, -0.2) is 339 Å². The largest absolute Gasteiger partial charge is 0.457 e. The van der Waals surface area contributed by atoms with Crippen molar-refractivity contribution in [2.75, 3.05) is 52.9 Å². The summed E-state index contributed by atoms with van der Waals surface area (Å²) in [7, 11) is 0. The van der Waals surface area contributed by atoms with Crippen molar-refractivity contribution in [3.8, 4) is 0 Å². The van der Waals surface area contributed by atoms with Crippen molar-refractivity contribution in [2.24, 2.45) is 50.2 Å². The number of aliphatic hydroxyl groups excluding tert-OH is 18. The van der Waals surface area contributed by atoms with Gasteiger partial charge in [-0.25, -0.2) is 0 Å². The Morgan fingerprint density at radius 1 is 0.535 bits per heavy atom. The van der Waals surface area contributed by atoms with Crippen LogP contribution in [0.5, 0.6) is 0 Å². The minimum absolute atomic E-state index is 0.00279. The summed E-state index contributed by atoms with van der Waals surface area (Å²) in [5.74, 6) is -3.52. The SMILES string of the molecule is CC(=O)O[C@H]1[C@@H](O)[C@H](O[C@H]2[C@H](OC(=O)[C@]34CCC(C)(C)C[C@H]3C3=CC[C@@H]5[C@@]6(C)C[C@H](O)[C@H](O[C@@H]7O[C@H](CO)[C@@H](O)[C@H](O[C@@H]8O[C@H](CO)[C@@H](O)[C@H](O)[C@H]8O)[C@H]7O)C(CO)(CO)[C@@H]6CC[C@@]5(C)[C@]3(C)C[C@H]4O)OC[C@H](O)[C@@H]2O)O[C@@H](C)[C@@H]1O[C@@H]1OC[C@@H](O)[C@H](O[C@@H]2OC[C@](O)(CO)[C@H]2O)[C@H]1O. The monoisotopic (exact) mass is 1430 g/mol. The van der Waals surface area contributed by atoms with E-state index in [-0.39, 0.29) is 25.2 Å². The van der Waals surface area contributed by atoms with Crippen LogP contribution in [-0.2, 0) is 71.2 Å². The first-order chi connectivity index (χ1) is 46.5. The van der Waals surface area contributed by atoms with Crippen molar-refractivity contribution < 1.29 is 168 Å². The molecule has 36 atom stereocenters. The van der Waals surface area contributed by atoms with E-state index in [4.69, 9.17) is 61.6 Å². The predicted octanol–water partition coefficient (Wildman–Crippen LogP) is -6.98. The lowest BCUT2D eigenvalue weighted by Gasteiger charge is -2.72. The molecule has 0 unspecified atom stereocenters. The highest BCUT2D eigenvalue weighted by Crippen LogP contribution is 2.76. The van der Waals surface area contributed by atoms with Gasteiger partial charge in [0.2, 0.25) is 6.29 Å². The van der Waals surface area contributed by atoms with Crippen molar-refractivity contribution in [1.29, 1.82) is 0 Å². The van der Waals surface area contributed by atoms with Crippen molar-refractivity contribution in [3.05, 3.63) is 11.6 Å². The molecule has 5 aliphatic carbocycles. The Kier molecular flexibility index (Phi) is 22.7. The molecule has 0 bridgehead atoms. The van der Waals surface area contributed by atoms with Crippen molar-refractivity contribution in [3.63, 3.8) is 0 Å². The predicted molar refractivity (Wildman–Crippen MR) is 324 cm³/mol. The van der Waals surface area contributed by atoms with Gasteiger partial charge < -0.3 is 159 Å². The first-order valence-corrected chi connectivity index (χ1v) is 34.3. The topological polar surface area (TPSA) is 539 Å². The highest BCUT2D eigenvalue weighted by atomic mass is 16.8. The molecule has 10 fully saturated rings. The van der Waals surface area contributed by atoms with Crippen LogP contribution in [0.1, 0.15) is 99.8 Å². The van der Waals surface area contributed by atoms with Crippen LogP contribution in [0.15, 0.2) is 11.6 Å². The summed E-state index contributed by atoms with van der Waals surface area (Å²) in [6.07, 6.45) is -44.0. The number of carbonyl (C=O) groups is 2. The number of aliphatic hydroxyl groups is 19. The Balaban J connectivity index is 0.818. The minimum atomic E-state index is -2.11. The number of allylic oxidation sites excluding steroid dienone is 2. The van der Waals surface area contributed by atoms with E-state index in [2.05, 4.69) is 33.8 Å². The molecule has 19 N–H and O–H groups in total. The molecule has 0 aromatic heterocycles. The molecule has 0 radical (unpaired) electrons. The molecule has 34 nitrogen and oxygen atoms in total. The maximum absolute atomic E-state index is 15.7. The number of carbonyl (C=O) groups excluding carboxylic acids is 2. The molecule has 0 aromatic carbocycles. The minimum Gasteiger partial charge on any atom is -0.457 e. The third-order valence-electron chi connectivity index (χ3n) is 25.0. The van der Waals surface area contributed by atoms with E-state index in [1.807, 2.05) is 6.92 Å². The molecule has 34 heteroatoms. The molecule has 0 spiro atoms. The van der Waals surface area contributed by atoms with Crippen LogP contribution in [0, 0.1) is 50.2 Å². The van der Waals surface area contributed by atoms with Gasteiger partial charge in [-0.3, -0.25) is 9.59 Å². The second-order valence-corrected chi connectivity index (χ2v) is 31.2. The quantitative estimate of drug-likeness (QED) is 0.0344. The Hall–Kier alpha value is -2.52. The summed E-state index contributed by atoms with van der Waals surface area (Å²) in [5, 5.41) is 212. The van der Waals surface area contributed by atoms with Crippen molar-refractivity contribution in [2.45, 2.75) is 277 Å². The zero-order valence-corrected chi connectivity index (χ0v) is 56.4. The lowest BCUT2D eigenvalue weighted by molar-refractivity contribution is -0.377. The first-order valence-electron chi connectivity index (χ1n) is 34.3. The second-order valence-electron chi connectivity index (χ2n) is 31.2. The van der Waals surface area contributed by atoms with Gasteiger partial charge >= 0.3 is 11.9 Å². The summed E-state index contributed by atoms with van der Waals surface area (Å²) < 4.78 is 76.5. The van der Waals surface area contributed by atoms with Gasteiger partial charge in [0.25, 0.3) is 0 Å². The highest BCUT2D eigenvalue weighted by molar-refractivity contribution is 5.80. The van der Waals surface area contributed by atoms with Crippen LogP contribution >= 0.6 is 0 Å². The molecule has 99 heavy (non-hydrogen) atoms. The lowest BCUT2D eigenvalue weighted by atomic mass is 9.33. The number of fused-ring (bicyclic) bond motifs is 7. The fourth-order valence-corrected chi connectivity index (χ4v) is 19.2. The molecular formula is C65H104O34. The standard InChI is InChI=1S/C65H104O34/c1-25-45(94-52-42(81)46(31(74)20-87-52)95-57-50(84)64(86,23-70)24-89-57)48(91-26(2)71)44(83)54(90-25)97-49-37(76)30(73)19-88-56(49)99-58(85)65-13-12-59(3,4)14-28(65)27-8-9-34-60(5)15-29(72)51(63(21-68,22-69)35(60)10-11-61(34,6)62(27,7)16-36(65)75)98-55-43(82)47(39(78)33(18-67)93-55)96-53-41(80)40(79)38(77)32(17-66)92-53/h8,25,28-57,66-70,72-84,86H,9-24H2,1-7H3/t25-,28-,29-,30-,31+,32+,33+,34+,35+,36+,37-,38+,39+,40-,41+,42+,43+,44+,45-,46-,47-,48-,49+,50-,51-,52-,53-,54-,55-,56-,57-,60+,61+,62+,64+,65+/m0/s1. The summed E-state index contributed by atoms with van der Waals surface area (Å²) >= 11 is 0. The number of hydrogen-bond acceptors (Lipinski definition) is 34. The summed E-state index contributed by atoms with van der Waals surface area (Å²) in [5.41, 5.74) is -7.53. The summed E-state index contributed by atoms with van der Waals surface area (Å²) in [6.45, 7) is 6.95. The van der Waals surface area contributed by atoms with Gasteiger partial charge in [-0.15, -0.1) is 0 Å². The van der Waals surface area contributed by atoms with E-state index in [1.165, 1.54) is 6.92 Å². The zero-order chi connectivity index (χ0) is 72.3. The maximum atomic E-state index is 15.7. The van der Waals surface area contributed by atoms with E-state index in [0.717, 1.165) is 12.5 Å². The van der Waals surface area contributed by atoms with Gasteiger partial charge in [0, 0.05) is 12.3 Å². The molecule has 4 saturated carbocycles. The van der Waals surface area contributed by atoms with Crippen LogP contribution in [0.2, 0.25) is 0 Å². The Labute approximate surface area is 570 Å². The van der Waals surface area contributed by atoms with Gasteiger partial charge in [-0.05, 0) is 97.7 Å². The highest BCUT2D eigenvalue weighted by Gasteiger charge is 2.74. The first kappa shape index (κ1) is 77.6. The van der Waals surface area contributed by atoms with Gasteiger partial charge in [-0.2, -0.15) is 0 Å². The van der Waals surface area contributed by atoms with E-state index in [0.29, 0.717) is 32.1 Å². The number of ether oxygens (including phenoxy) is 13. The van der Waals surface area contributed by atoms with Crippen LogP contribution in [0.25, 0.3) is 0 Å². The van der Waals surface area contributed by atoms with Crippen molar-refractivity contribution in [1.82, 2.24) is 0 Å². The van der Waals surface area contributed by atoms with E-state index in [1.54, 1.807) is 0 Å². The fourth-order valence-electron chi connectivity index (χ4n) is 19.2. The Morgan fingerprint density at radius 2 is 1.12 bits per heavy atom. The van der Waals surface area contributed by atoms with Crippen LogP contribution in [0.3, 0.4) is 0 Å². The smallest absolute Gasteiger partial charge is 0.317 e. The van der Waals surface area contributed by atoms with Gasteiger partial charge in [0.05, 0.1) is 77.3 Å². The average Bonchev–Trinajstić information content (AvgIpc) is 0.965. The normalized spacial score (nSPS) is 52.7. The molecule has 6 saturated heterocycles. The second kappa shape index (κ2) is 29.0. The molecule has 11 rings (SSSR count). The molecule has 568 valence electrons. The van der Waals surface area contributed by atoms with E-state index < -0.39 is 287 Å². The number of rotatable bonds is 18. The maximum Gasteiger partial charge on any atom is 0.317 e. The molecule has 0 amide bonds. The molecule has 0 aromatic rings. The van der Waals surface area contributed by atoms with Crippen molar-refractivity contribution >= 4 is 11.9 Å². The number of esters is 2. The number of hydrogen-bond donors (Lipinski definition) is 19. The summed E-state index contributed by atoms with van der Waals surface area (Å²) in [6, 6.07) is 0. The third kappa shape index (κ3) is 13.1. The molecule has 11 aliphatic rings. The van der Waals surface area contributed by atoms with Crippen LogP contribution < -0.4 is 0 Å². The van der Waals surface area contributed by atoms with E-state index in [9.17, 15) is 102 Å². The summed E-state index contributed by atoms with van der Waals surface area (Å²) in [4.78, 5) is 28.4. The van der Waals surface area contributed by atoms with E-state index >= 15 is 4.79 Å². The van der Waals surface area contributed by atoms with Gasteiger partial charge in [0.1, 0.15) is 109 Å². The zero-order valence-electron chi connectivity index (χ0n) is 56.4. The van der Waals surface area contributed by atoms with Gasteiger partial charge in [-0.1, -0.05) is 46.3 Å². The molecular weight excluding hydrogens is 1320 g/mol. The van der Waals surface area contributed by atoms with Gasteiger partial charge in [0.15, 0.2) is 43.7 Å². The Morgan fingerprint density at radius 3 is 1.76 bits per heavy atom. The molecule has 6 heterocycles. The fraction of sp³-hybridized carbons (Fsp3) is 0.938.